The van der Waals surface area contributed by atoms with Crippen LogP contribution >= 0.6 is 7.75 Å². The summed E-state index contributed by atoms with van der Waals surface area (Å²) in [6, 6.07) is 9.90. The van der Waals surface area contributed by atoms with Gasteiger partial charge in [-0.2, -0.15) is 10.2 Å². The van der Waals surface area contributed by atoms with Crippen molar-refractivity contribution in [3.05, 3.63) is 54.5 Å². The number of nitrogens with one attached hydrogen (secondary N) is 1. The number of halogens is 1. The Morgan fingerprint density at radius 3 is 2.64 bits per heavy atom. The van der Waals surface area contributed by atoms with Crippen molar-refractivity contribution in [1.29, 1.82) is 0 Å². The highest BCUT2D eigenvalue weighted by atomic mass is 31.2. The summed E-state index contributed by atoms with van der Waals surface area (Å²) >= 11 is 0. The van der Waals surface area contributed by atoms with Gasteiger partial charge in [0.1, 0.15) is 48.6 Å². The first-order valence-corrected chi connectivity index (χ1v) is 13.7. The molecule has 5 rings (SSSR count). The number of fused-ring (bicyclic) bond motifs is 2. The van der Waals surface area contributed by atoms with Gasteiger partial charge in [0, 0.05) is 0 Å². The van der Waals surface area contributed by atoms with E-state index in [1.807, 2.05) is 0 Å². The van der Waals surface area contributed by atoms with E-state index in [4.69, 9.17) is 24.3 Å². The lowest BCUT2D eigenvalue weighted by Gasteiger charge is -2.27. The maximum absolute atomic E-state index is 14.6. The van der Waals surface area contributed by atoms with E-state index in [2.05, 4.69) is 15.2 Å². The molecule has 2 fully saturated rings. The van der Waals surface area contributed by atoms with Crippen LogP contribution in [0.1, 0.15) is 32.6 Å². The van der Waals surface area contributed by atoms with Crippen LogP contribution in [0.4, 0.5) is 10.2 Å². The molecule has 3 aromatic rings. The van der Waals surface area contributed by atoms with Crippen molar-refractivity contribution < 1.29 is 42.5 Å². The molecule has 5 N–H and O–H groups in total. The van der Waals surface area contributed by atoms with Crippen LogP contribution in [0.5, 0.6) is 5.75 Å². The number of nitrogens with two attached hydrogens (primary N) is 1. The van der Waals surface area contributed by atoms with Crippen molar-refractivity contribution >= 4 is 25.1 Å². The number of hydrogen-bond donors (Lipinski definition) is 4. The smallest absolute Gasteiger partial charge is 0.459 e. The van der Waals surface area contributed by atoms with Gasteiger partial charge in [-0.1, -0.05) is 18.2 Å². The van der Waals surface area contributed by atoms with Crippen molar-refractivity contribution in [1.82, 2.24) is 19.7 Å². The van der Waals surface area contributed by atoms with Gasteiger partial charge in [0.15, 0.2) is 17.0 Å². The lowest BCUT2D eigenvalue weighted by atomic mass is 10.0. The number of hydrogen-bond acceptors (Lipinski definition) is 11. The zero-order valence-corrected chi connectivity index (χ0v) is 22.2. The number of para-hydroxylation sites is 1. The van der Waals surface area contributed by atoms with Gasteiger partial charge in [0.2, 0.25) is 0 Å². The standard InChI is InChI=1S/C24H29FN5O8P/c1-13(2)35-21(32)14(3)29-39(34,37-15-7-5-4-6-8-15)38-22-23(11-25)24(22,33)19(31)18(36-23)16-9-10-17-20(26)27-12-28-30(16)17/h4-10,12-14,18-19,22,31,33H,11H2,1-3H3,(H,29,34)(H2,26,27,28)/t14-,18-,19-,22?,23+,24+,39+/m0/s1. The Morgan fingerprint density at radius 1 is 1.28 bits per heavy atom. The van der Waals surface area contributed by atoms with Crippen molar-refractivity contribution in [3.63, 3.8) is 0 Å². The van der Waals surface area contributed by atoms with Gasteiger partial charge in [0.25, 0.3) is 0 Å². The first-order chi connectivity index (χ1) is 18.5. The number of aromatic nitrogens is 3. The summed E-state index contributed by atoms with van der Waals surface area (Å²) in [5.74, 6) is -0.455. The van der Waals surface area contributed by atoms with Crippen molar-refractivity contribution in [2.45, 2.75) is 62.4 Å². The predicted octanol–water partition coefficient (Wildman–Crippen LogP) is 1.70. The monoisotopic (exact) mass is 565 g/mol. The molecular weight excluding hydrogens is 536 g/mol. The fourth-order valence-electron chi connectivity index (χ4n) is 4.81. The molecule has 0 radical (unpaired) electrons. The molecule has 3 heterocycles. The second-order valence-corrected chi connectivity index (χ2v) is 11.4. The zero-order valence-electron chi connectivity index (χ0n) is 21.3. The largest absolute Gasteiger partial charge is 0.462 e. The van der Waals surface area contributed by atoms with Gasteiger partial charge in [-0.05, 0) is 45.0 Å². The number of ether oxygens (including phenoxy) is 2. The summed E-state index contributed by atoms with van der Waals surface area (Å²) in [4.78, 5) is 16.3. The SMILES string of the molecule is CC(C)OC(=O)[C@H](C)N[P@@](=O)(Oc1ccccc1)OC1[C@@]2(CF)O[C@@H](c3ccc4c(N)ncnn34)[C@H](O)[C@@]12O. The third-order valence-corrected chi connectivity index (χ3v) is 8.41. The molecule has 1 aromatic carbocycles. The average Bonchev–Trinajstić information content (AvgIpc) is 3.14. The molecule has 0 amide bonds. The molecular formula is C24H29FN5O8P. The molecule has 1 saturated carbocycles. The Bertz CT molecular complexity index is 1420. The lowest BCUT2D eigenvalue weighted by molar-refractivity contribution is -0.149. The second-order valence-electron chi connectivity index (χ2n) is 9.76. The van der Waals surface area contributed by atoms with Gasteiger partial charge < -0.3 is 29.9 Å². The highest BCUT2D eigenvalue weighted by molar-refractivity contribution is 7.52. The van der Waals surface area contributed by atoms with Gasteiger partial charge in [0.05, 0.1) is 11.8 Å². The third-order valence-electron chi connectivity index (χ3n) is 6.76. The minimum Gasteiger partial charge on any atom is -0.462 e. The van der Waals surface area contributed by atoms with E-state index in [-0.39, 0.29) is 17.3 Å². The first kappa shape index (κ1) is 27.4. The van der Waals surface area contributed by atoms with Crippen molar-refractivity contribution in [2.75, 3.05) is 12.4 Å². The molecule has 1 saturated heterocycles. The van der Waals surface area contributed by atoms with Crippen LogP contribution in [0.15, 0.2) is 48.8 Å². The molecule has 1 unspecified atom stereocenters. The number of anilines is 1. The van der Waals surface area contributed by atoms with Crippen LogP contribution in [0.2, 0.25) is 0 Å². The van der Waals surface area contributed by atoms with Crippen molar-refractivity contribution in [3.8, 4) is 5.75 Å². The zero-order chi connectivity index (χ0) is 28.2. The molecule has 13 nitrogen and oxygen atoms in total. The number of aliphatic hydroxyl groups excluding tert-OH is 1. The normalized spacial score (nSPS) is 30.1. The third kappa shape index (κ3) is 4.46. The Kier molecular flexibility index (Phi) is 6.90. The van der Waals surface area contributed by atoms with Crippen LogP contribution in [-0.4, -0.2) is 73.0 Å². The molecule has 1 aliphatic heterocycles. The second kappa shape index (κ2) is 9.81. The highest BCUT2D eigenvalue weighted by Crippen LogP contribution is 2.68. The summed E-state index contributed by atoms with van der Waals surface area (Å²) < 4.78 is 52.1. The Hall–Kier alpha value is -3.13. The number of carbonyl (C=O) groups is 1. The number of rotatable bonds is 10. The molecule has 39 heavy (non-hydrogen) atoms. The number of benzene rings is 1. The van der Waals surface area contributed by atoms with Crippen LogP contribution < -0.4 is 15.3 Å². The summed E-state index contributed by atoms with van der Waals surface area (Å²) in [6.07, 6.45) is -3.82. The van der Waals surface area contributed by atoms with Gasteiger partial charge >= 0.3 is 13.7 Å². The fourth-order valence-corrected chi connectivity index (χ4v) is 6.55. The van der Waals surface area contributed by atoms with E-state index in [0.717, 1.165) is 0 Å². The van der Waals surface area contributed by atoms with E-state index in [1.54, 1.807) is 44.2 Å². The molecule has 15 heteroatoms. The minimum absolute atomic E-state index is 0.112. The first-order valence-electron chi connectivity index (χ1n) is 12.2. The van der Waals surface area contributed by atoms with E-state index in [1.165, 1.54) is 29.9 Å². The van der Waals surface area contributed by atoms with Crippen molar-refractivity contribution in [2.24, 2.45) is 0 Å². The molecule has 2 aliphatic rings. The summed E-state index contributed by atoms with van der Waals surface area (Å²) in [7, 11) is -4.50. The molecule has 0 bridgehead atoms. The molecule has 210 valence electrons. The van der Waals surface area contributed by atoms with E-state index in [0.29, 0.717) is 5.52 Å². The van der Waals surface area contributed by atoms with Gasteiger partial charge in [-0.15, -0.1) is 0 Å². The molecule has 7 atom stereocenters. The van der Waals surface area contributed by atoms with E-state index >= 15 is 0 Å². The highest BCUT2D eigenvalue weighted by Gasteiger charge is 2.89. The number of carbonyl (C=O) groups excluding carboxylic acids is 1. The van der Waals surface area contributed by atoms with Gasteiger partial charge in [-0.3, -0.25) is 9.32 Å². The summed E-state index contributed by atoms with van der Waals surface area (Å²) in [5, 5.41) is 29.2. The van der Waals surface area contributed by atoms with Crippen LogP contribution in [0.25, 0.3) is 5.52 Å². The minimum atomic E-state index is -4.50. The summed E-state index contributed by atoms with van der Waals surface area (Å²) in [5.41, 5.74) is 2.18. The van der Waals surface area contributed by atoms with Crippen LogP contribution in [0.3, 0.4) is 0 Å². The molecule has 1 aliphatic carbocycles. The Labute approximate surface area is 222 Å². The predicted molar refractivity (Wildman–Crippen MR) is 134 cm³/mol. The van der Waals surface area contributed by atoms with E-state index < -0.39 is 62.1 Å². The van der Waals surface area contributed by atoms with Gasteiger partial charge in [-0.25, -0.2) is 18.5 Å². The lowest BCUT2D eigenvalue weighted by Crippen LogP contribution is -2.39. The van der Waals surface area contributed by atoms with Crippen LogP contribution in [-0.2, 0) is 23.4 Å². The number of nitrogens with zero attached hydrogens (tertiary/aromatic N) is 3. The number of esters is 1. The fraction of sp³-hybridized carbons (Fsp3) is 0.458. The number of alkyl halides is 1. The molecule has 0 spiro atoms. The maximum Gasteiger partial charge on any atom is 0.459 e. The van der Waals surface area contributed by atoms with Crippen LogP contribution in [0, 0.1) is 0 Å². The Balaban J connectivity index is 1.42. The quantitative estimate of drug-likeness (QED) is 0.207. The average molecular weight is 565 g/mol. The van der Waals surface area contributed by atoms with E-state index in [9.17, 15) is 24.0 Å². The maximum atomic E-state index is 14.6. The molecule has 2 aromatic heterocycles. The summed E-state index contributed by atoms with van der Waals surface area (Å²) in [6.45, 7) is 3.39. The topological polar surface area (TPSA) is 180 Å². The number of aliphatic hydroxyl groups is 2. The Morgan fingerprint density at radius 2 is 2.00 bits per heavy atom. The number of nitrogen functional groups attached to an aromatic ring is 1.